The molecule has 0 aliphatic carbocycles. The molecular formula is C17H20O5. The Morgan fingerprint density at radius 1 is 1.18 bits per heavy atom. The highest BCUT2D eigenvalue weighted by molar-refractivity contribution is 5.93. The smallest absolute Gasteiger partial charge is 0.333 e. The fourth-order valence-corrected chi connectivity index (χ4v) is 1.69. The van der Waals surface area contributed by atoms with Crippen molar-refractivity contribution in [3.05, 3.63) is 47.1 Å². The van der Waals surface area contributed by atoms with Gasteiger partial charge < -0.3 is 14.2 Å². The predicted molar refractivity (Wildman–Crippen MR) is 83.5 cm³/mol. The third-order valence-electron chi connectivity index (χ3n) is 2.84. The summed E-state index contributed by atoms with van der Waals surface area (Å²) in [7, 11) is 2.65. The van der Waals surface area contributed by atoms with E-state index in [9.17, 15) is 9.59 Å². The highest BCUT2D eigenvalue weighted by Gasteiger charge is 2.07. The van der Waals surface area contributed by atoms with Crippen LogP contribution in [-0.2, 0) is 19.1 Å². The minimum absolute atomic E-state index is 0.219. The normalized spacial score (nSPS) is 11.4. The fraction of sp³-hybridized carbons (Fsp3) is 0.294. The van der Waals surface area contributed by atoms with E-state index in [-0.39, 0.29) is 6.61 Å². The molecule has 0 N–H and O–H groups in total. The van der Waals surface area contributed by atoms with Crippen molar-refractivity contribution in [1.29, 1.82) is 0 Å². The van der Waals surface area contributed by atoms with Crippen LogP contribution < -0.4 is 4.74 Å². The maximum atomic E-state index is 11.5. The van der Waals surface area contributed by atoms with Crippen molar-refractivity contribution in [1.82, 2.24) is 0 Å². The quantitative estimate of drug-likeness (QED) is 0.597. The molecule has 0 amide bonds. The number of hydrogen-bond acceptors (Lipinski definition) is 5. The Hall–Kier alpha value is -2.56. The van der Waals surface area contributed by atoms with E-state index >= 15 is 0 Å². The molecule has 0 saturated carbocycles. The Morgan fingerprint density at radius 2 is 1.91 bits per heavy atom. The summed E-state index contributed by atoms with van der Waals surface area (Å²) in [5, 5.41) is 0. The summed E-state index contributed by atoms with van der Waals surface area (Å²) in [6, 6.07) is 5.65. The Labute approximate surface area is 130 Å². The van der Waals surface area contributed by atoms with Crippen molar-refractivity contribution in [3.63, 3.8) is 0 Å². The van der Waals surface area contributed by atoms with E-state index in [2.05, 4.69) is 9.47 Å². The van der Waals surface area contributed by atoms with Gasteiger partial charge in [-0.15, -0.1) is 0 Å². The first-order chi connectivity index (χ1) is 10.5. The highest BCUT2D eigenvalue weighted by Crippen LogP contribution is 2.23. The molecule has 0 aliphatic rings. The molecular weight excluding hydrogens is 284 g/mol. The third kappa shape index (κ3) is 5.44. The van der Waals surface area contributed by atoms with E-state index in [1.54, 1.807) is 19.1 Å². The molecule has 0 bridgehead atoms. The van der Waals surface area contributed by atoms with Crippen LogP contribution in [0.25, 0.3) is 6.08 Å². The topological polar surface area (TPSA) is 61.8 Å². The Bertz CT molecular complexity index is 599. The van der Waals surface area contributed by atoms with E-state index < -0.39 is 11.9 Å². The zero-order valence-electron chi connectivity index (χ0n) is 13.2. The van der Waals surface area contributed by atoms with Gasteiger partial charge in [-0.05, 0) is 37.6 Å². The second-order valence-electron chi connectivity index (χ2n) is 4.60. The molecule has 0 fully saturated rings. The average molecular weight is 304 g/mol. The maximum absolute atomic E-state index is 11.5. The Balaban J connectivity index is 2.89. The maximum Gasteiger partial charge on any atom is 0.333 e. The van der Waals surface area contributed by atoms with Gasteiger partial charge in [0.25, 0.3) is 0 Å². The van der Waals surface area contributed by atoms with Crippen molar-refractivity contribution in [3.8, 4) is 5.75 Å². The molecule has 1 aromatic carbocycles. The summed E-state index contributed by atoms with van der Waals surface area (Å²) in [6.07, 6.45) is 4.56. The monoisotopic (exact) mass is 304 g/mol. The molecule has 118 valence electrons. The molecule has 0 saturated heterocycles. The van der Waals surface area contributed by atoms with Crippen molar-refractivity contribution < 1.29 is 23.8 Å². The van der Waals surface area contributed by atoms with Crippen molar-refractivity contribution >= 4 is 18.0 Å². The third-order valence-corrected chi connectivity index (χ3v) is 2.84. The Morgan fingerprint density at radius 3 is 2.55 bits per heavy atom. The molecule has 22 heavy (non-hydrogen) atoms. The number of carbonyl (C=O) groups excluding carboxylic acids is 2. The average Bonchev–Trinajstić information content (AvgIpc) is 2.52. The molecule has 0 unspecified atom stereocenters. The molecule has 0 radical (unpaired) electrons. The first kappa shape index (κ1) is 17.5. The van der Waals surface area contributed by atoms with E-state index in [0.717, 1.165) is 11.1 Å². The van der Waals surface area contributed by atoms with Crippen LogP contribution in [0.4, 0.5) is 0 Å². The van der Waals surface area contributed by atoms with Gasteiger partial charge in [-0.3, -0.25) is 0 Å². The van der Waals surface area contributed by atoms with Crippen molar-refractivity contribution in [2.45, 2.75) is 13.8 Å². The van der Waals surface area contributed by atoms with E-state index in [0.29, 0.717) is 11.3 Å². The van der Waals surface area contributed by atoms with Crippen LogP contribution in [0, 0.1) is 6.92 Å². The number of ether oxygens (including phenoxy) is 3. The molecule has 1 rings (SSSR count). The summed E-state index contributed by atoms with van der Waals surface area (Å²) in [4.78, 5) is 22.4. The van der Waals surface area contributed by atoms with Crippen LogP contribution in [-0.4, -0.2) is 32.8 Å². The zero-order valence-corrected chi connectivity index (χ0v) is 13.2. The molecule has 0 aromatic heterocycles. The van der Waals surface area contributed by atoms with Gasteiger partial charge >= 0.3 is 11.9 Å². The van der Waals surface area contributed by atoms with Crippen LogP contribution in [0.5, 0.6) is 5.75 Å². The number of esters is 2. The summed E-state index contributed by atoms with van der Waals surface area (Å²) in [5.74, 6) is -0.204. The van der Waals surface area contributed by atoms with Gasteiger partial charge in [0.1, 0.15) is 12.4 Å². The van der Waals surface area contributed by atoms with Gasteiger partial charge in [-0.25, -0.2) is 9.59 Å². The molecule has 0 spiro atoms. The lowest BCUT2D eigenvalue weighted by atomic mass is 10.1. The van der Waals surface area contributed by atoms with E-state index in [1.807, 2.05) is 25.1 Å². The summed E-state index contributed by atoms with van der Waals surface area (Å²) in [6.45, 7) is 3.83. The van der Waals surface area contributed by atoms with Gasteiger partial charge in [-0.1, -0.05) is 12.1 Å². The van der Waals surface area contributed by atoms with Crippen molar-refractivity contribution in [2.24, 2.45) is 0 Å². The fourth-order valence-electron chi connectivity index (χ4n) is 1.69. The molecule has 0 atom stereocenters. The largest absolute Gasteiger partial charge is 0.489 e. The number of methoxy groups -OCH3 is 2. The molecule has 0 heterocycles. The van der Waals surface area contributed by atoms with E-state index in [4.69, 9.17) is 4.74 Å². The zero-order chi connectivity index (χ0) is 16.5. The second kappa shape index (κ2) is 8.67. The molecule has 5 nitrogen and oxygen atoms in total. The van der Waals surface area contributed by atoms with E-state index in [1.165, 1.54) is 20.3 Å². The van der Waals surface area contributed by atoms with Crippen LogP contribution in [0.2, 0.25) is 0 Å². The van der Waals surface area contributed by atoms with Crippen LogP contribution in [0.1, 0.15) is 18.1 Å². The van der Waals surface area contributed by atoms with Gasteiger partial charge in [0.2, 0.25) is 0 Å². The van der Waals surface area contributed by atoms with Crippen LogP contribution in [0.3, 0.4) is 0 Å². The predicted octanol–water partition coefficient (Wildman–Crippen LogP) is 2.68. The summed E-state index contributed by atoms with van der Waals surface area (Å²) < 4.78 is 14.8. The van der Waals surface area contributed by atoms with Gasteiger partial charge in [0, 0.05) is 17.2 Å². The Kier molecular flexibility index (Phi) is 6.89. The number of carbonyl (C=O) groups is 2. The number of rotatable bonds is 6. The standard InChI is InChI=1S/C17H20O5/c1-12-7-8-14(11-13(2)17(19)21-4)15(10-12)22-9-5-6-16(18)20-3/h5-8,10-11H,9H2,1-4H3/b6-5+,13-11+. The lowest BCUT2D eigenvalue weighted by Gasteiger charge is -2.09. The first-order valence-corrected chi connectivity index (χ1v) is 6.72. The number of benzene rings is 1. The van der Waals surface area contributed by atoms with Gasteiger partial charge in [0.15, 0.2) is 0 Å². The summed E-state index contributed by atoms with van der Waals surface area (Å²) >= 11 is 0. The van der Waals surface area contributed by atoms with Gasteiger partial charge in [-0.2, -0.15) is 0 Å². The molecule has 5 heteroatoms. The van der Waals surface area contributed by atoms with Crippen molar-refractivity contribution in [2.75, 3.05) is 20.8 Å². The molecule has 0 aliphatic heterocycles. The minimum Gasteiger partial charge on any atom is -0.489 e. The molecule has 1 aromatic rings. The lowest BCUT2D eigenvalue weighted by molar-refractivity contribution is -0.136. The SMILES string of the molecule is COC(=O)/C=C/COc1cc(C)ccc1/C=C(\C)C(=O)OC. The summed E-state index contributed by atoms with van der Waals surface area (Å²) in [5.41, 5.74) is 2.26. The highest BCUT2D eigenvalue weighted by atomic mass is 16.5. The van der Waals surface area contributed by atoms with Gasteiger partial charge in [0.05, 0.1) is 14.2 Å². The van der Waals surface area contributed by atoms with Crippen LogP contribution >= 0.6 is 0 Å². The second-order valence-corrected chi connectivity index (χ2v) is 4.60. The lowest BCUT2D eigenvalue weighted by Crippen LogP contribution is -2.02. The van der Waals surface area contributed by atoms with Crippen LogP contribution in [0.15, 0.2) is 35.9 Å². The number of hydrogen-bond donors (Lipinski definition) is 0. The number of aryl methyl sites for hydroxylation is 1. The first-order valence-electron chi connectivity index (χ1n) is 6.72. The minimum atomic E-state index is -0.436.